The summed E-state index contributed by atoms with van der Waals surface area (Å²) in [4.78, 5) is 14.2. The van der Waals surface area contributed by atoms with Gasteiger partial charge in [-0.3, -0.25) is 9.48 Å². The fourth-order valence-electron chi connectivity index (χ4n) is 3.65. The molecule has 0 fully saturated rings. The van der Waals surface area contributed by atoms with Crippen LogP contribution in [0.15, 0.2) is 18.2 Å². The smallest absolute Gasteiger partial charge is 0.274 e. The van der Waals surface area contributed by atoms with E-state index in [4.69, 9.17) is 0 Å². The number of benzene rings is 1. The Labute approximate surface area is 164 Å². The van der Waals surface area contributed by atoms with E-state index in [1.807, 2.05) is 4.68 Å². The molecular weight excluding hydrogens is 362 g/mol. The molecule has 2 aromatic rings. The molecule has 152 valence electrons. The van der Waals surface area contributed by atoms with Gasteiger partial charge in [0.25, 0.3) is 5.91 Å². The van der Waals surface area contributed by atoms with Crippen molar-refractivity contribution in [1.82, 2.24) is 20.0 Å². The molecular formula is C21H28F2N4O. The van der Waals surface area contributed by atoms with Crippen molar-refractivity contribution < 1.29 is 13.6 Å². The van der Waals surface area contributed by atoms with Crippen LogP contribution in [0.3, 0.4) is 0 Å². The van der Waals surface area contributed by atoms with Gasteiger partial charge in [0.1, 0.15) is 0 Å². The van der Waals surface area contributed by atoms with Gasteiger partial charge in [0, 0.05) is 44.5 Å². The number of carbonyl (C=O) groups excluding carboxylic acids is 1. The fraction of sp³-hybridized carbons (Fsp3) is 0.524. The molecule has 1 amide bonds. The first-order valence-corrected chi connectivity index (χ1v) is 9.73. The molecule has 7 heteroatoms. The van der Waals surface area contributed by atoms with E-state index < -0.39 is 11.6 Å². The number of hydrogen-bond acceptors (Lipinski definition) is 3. The van der Waals surface area contributed by atoms with Crippen LogP contribution in [0, 0.1) is 17.6 Å². The Morgan fingerprint density at radius 1 is 1.32 bits per heavy atom. The average Bonchev–Trinajstić information content (AvgIpc) is 2.99. The fourth-order valence-corrected chi connectivity index (χ4v) is 3.65. The molecule has 28 heavy (non-hydrogen) atoms. The first-order valence-electron chi connectivity index (χ1n) is 9.73. The molecule has 0 saturated heterocycles. The molecule has 3 rings (SSSR count). The molecule has 0 spiro atoms. The number of nitrogens with one attached hydrogen (secondary N) is 1. The third-order valence-electron chi connectivity index (χ3n) is 5.07. The molecule has 1 unspecified atom stereocenters. The van der Waals surface area contributed by atoms with Crippen molar-refractivity contribution in [3.05, 3.63) is 52.3 Å². The van der Waals surface area contributed by atoms with Gasteiger partial charge < -0.3 is 10.2 Å². The van der Waals surface area contributed by atoms with Crippen LogP contribution in [0.25, 0.3) is 0 Å². The maximum Gasteiger partial charge on any atom is 0.274 e. The summed E-state index contributed by atoms with van der Waals surface area (Å²) in [5, 5.41) is 8.05. The van der Waals surface area contributed by atoms with Gasteiger partial charge in [-0.1, -0.05) is 19.9 Å². The second-order valence-electron chi connectivity index (χ2n) is 8.12. The summed E-state index contributed by atoms with van der Waals surface area (Å²) >= 11 is 0. The maximum atomic E-state index is 13.4. The van der Waals surface area contributed by atoms with Crippen LogP contribution in [0.1, 0.15) is 47.6 Å². The molecule has 1 aliphatic carbocycles. The summed E-state index contributed by atoms with van der Waals surface area (Å²) < 4.78 is 28.5. The Balaban J connectivity index is 1.77. The lowest BCUT2D eigenvalue weighted by Gasteiger charge is -2.25. The monoisotopic (exact) mass is 390 g/mol. The Bertz CT molecular complexity index is 860. The zero-order valence-corrected chi connectivity index (χ0v) is 16.9. The van der Waals surface area contributed by atoms with Crippen molar-refractivity contribution in [3.63, 3.8) is 0 Å². The first kappa shape index (κ1) is 20.5. The van der Waals surface area contributed by atoms with Crippen molar-refractivity contribution >= 4 is 5.91 Å². The summed E-state index contributed by atoms with van der Waals surface area (Å²) in [6, 6.07) is 4.11. The highest BCUT2D eigenvalue weighted by Gasteiger charge is 2.29. The Kier molecular flexibility index (Phi) is 6.13. The molecule has 0 radical (unpaired) electrons. The number of aromatic nitrogens is 2. The minimum Gasteiger partial charge on any atom is -0.343 e. The van der Waals surface area contributed by atoms with Gasteiger partial charge in [0.15, 0.2) is 17.3 Å². The predicted octanol–water partition coefficient (Wildman–Crippen LogP) is 3.17. The highest BCUT2D eigenvalue weighted by molar-refractivity contribution is 5.93. The van der Waals surface area contributed by atoms with Crippen molar-refractivity contribution in [3.8, 4) is 0 Å². The predicted molar refractivity (Wildman–Crippen MR) is 104 cm³/mol. The van der Waals surface area contributed by atoms with Crippen LogP contribution < -0.4 is 5.32 Å². The summed E-state index contributed by atoms with van der Waals surface area (Å²) in [6.45, 7) is 5.51. The van der Waals surface area contributed by atoms with Gasteiger partial charge in [-0.25, -0.2) is 8.78 Å². The molecule has 1 atom stereocenters. The van der Waals surface area contributed by atoms with E-state index >= 15 is 0 Å². The lowest BCUT2D eigenvalue weighted by Crippen LogP contribution is -2.35. The Morgan fingerprint density at radius 3 is 2.71 bits per heavy atom. The second kappa shape index (κ2) is 8.39. The van der Waals surface area contributed by atoms with Crippen LogP contribution in [0.5, 0.6) is 0 Å². The molecule has 1 heterocycles. The molecule has 0 bridgehead atoms. The molecule has 1 aliphatic rings. The van der Waals surface area contributed by atoms with Gasteiger partial charge in [-0.15, -0.1) is 0 Å². The van der Waals surface area contributed by atoms with E-state index in [0.29, 0.717) is 30.1 Å². The lowest BCUT2D eigenvalue weighted by molar-refractivity contribution is 0.0819. The Hall–Kier alpha value is -2.28. The summed E-state index contributed by atoms with van der Waals surface area (Å²) in [5.41, 5.74) is 3.38. The van der Waals surface area contributed by atoms with E-state index in [-0.39, 0.29) is 11.9 Å². The van der Waals surface area contributed by atoms with Crippen LogP contribution in [0.4, 0.5) is 8.78 Å². The van der Waals surface area contributed by atoms with Crippen LogP contribution in [0.2, 0.25) is 0 Å². The van der Waals surface area contributed by atoms with Crippen molar-refractivity contribution in [2.75, 3.05) is 14.1 Å². The third kappa shape index (κ3) is 4.41. The number of hydrogen-bond donors (Lipinski definition) is 1. The van der Waals surface area contributed by atoms with Gasteiger partial charge in [0.2, 0.25) is 0 Å². The summed E-state index contributed by atoms with van der Waals surface area (Å²) in [5.74, 6) is -1.31. The molecule has 5 nitrogen and oxygen atoms in total. The minimum absolute atomic E-state index is 0.0833. The normalized spacial score (nSPS) is 16.3. The molecule has 0 aliphatic heterocycles. The SMILES string of the molecule is CC(C)Cn1nc(C(=O)N(C)C)c2c1CCC(NCc1ccc(F)c(F)c1)C2. The van der Waals surface area contributed by atoms with Crippen LogP contribution >= 0.6 is 0 Å². The van der Waals surface area contributed by atoms with Gasteiger partial charge in [0.05, 0.1) is 0 Å². The maximum absolute atomic E-state index is 13.4. The lowest BCUT2D eigenvalue weighted by atomic mass is 9.90. The van der Waals surface area contributed by atoms with E-state index in [1.54, 1.807) is 25.1 Å². The molecule has 1 aromatic carbocycles. The standard InChI is InChI=1S/C21H28F2N4O/c1-13(2)12-27-19-8-6-15(10-16(19)20(25-27)21(28)26(3)4)24-11-14-5-7-17(22)18(23)9-14/h5,7,9,13,15,24H,6,8,10-12H2,1-4H3. The topological polar surface area (TPSA) is 50.2 Å². The zero-order chi connectivity index (χ0) is 20.4. The number of rotatable bonds is 6. The Morgan fingerprint density at radius 2 is 2.07 bits per heavy atom. The van der Waals surface area contributed by atoms with Crippen molar-refractivity contribution in [2.24, 2.45) is 5.92 Å². The zero-order valence-electron chi connectivity index (χ0n) is 16.9. The van der Waals surface area contributed by atoms with Crippen molar-refractivity contribution in [2.45, 2.75) is 52.2 Å². The highest BCUT2D eigenvalue weighted by Crippen LogP contribution is 2.26. The number of nitrogens with zero attached hydrogens (tertiary/aromatic N) is 3. The molecule has 0 saturated carbocycles. The number of halogens is 2. The van der Waals surface area contributed by atoms with E-state index in [2.05, 4.69) is 24.3 Å². The highest BCUT2D eigenvalue weighted by atomic mass is 19.2. The quantitative estimate of drug-likeness (QED) is 0.824. The largest absolute Gasteiger partial charge is 0.343 e. The first-order chi connectivity index (χ1) is 13.3. The molecule has 1 aromatic heterocycles. The number of carbonyl (C=O) groups is 1. The number of fused-ring (bicyclic) bond motifs is 1. The third-order valence-corrected chi connectivity index (χ3v) is 5.07. The van der Waals surface area contributed by atoms with E-state index in [1.165, 1.54) is 6.07 Å². The summed E-state index contributed by atoms with van der Waals surface area (Å²) in [6.07, 6.45) is 2.45. The van der Waals surface area contributed by atoms with Crippen LogP contribution in [-0.2, 0) is 25.9 Å². The summed E-state index contributed by atoms with van der Waals surface area (Å²) in [7, 11) is 3.47. The van der Waals surface area contributed by atoms with Gasteiger partial charge in [-0.05, 0) is 42.9 Å². The minimum atomic E-state index is -0.838. The second-order valence-corrected chi connectivity index (χ2v) is 8.12. The average molecular weight is 390 g/mol. The van der Waals surface area contributed by atoms with E-state index in [9.17, 15) is 13.6 Å². The molecule has 1 N–H and O–H groups in total. The van der Waals surface area contributed by atoms with Crippen LogP contribution in [-0.4, -0.2) is 40.7 Å². The number of amides is 1. The van der Waals surface area contributed by atoms with E-state index in [0.717, 1.165) is 36.7 Å². The van der Waals surface area contributed by atoms with Gasteiger partial charge in [-0.2, -0.15) is 5.10 Å². The van der Waals surface area contributed by atoms with Gasteiger partial charge >= 0.3 is 0 Å². The van der Waals surface area contributed by atoms with Crippen molar-refractivity contribution in [1.29, 1.82) is 0 Å².